The second-order valence-electron chi connectivity index (χ2n) is 3.31. The fourth-order valence-electron chi connectivity index (χ4n) is 1.51. The third kappa shape index (κ3) is 1.99. The van der Waals surface area contributed by atoms with Crippen molar-refractivity contribution in [2.24, 2.45) is 0 Å². The van der Waals surface area contributed by atoms with Gasteiger partial charge in [-0.1, -0.05) is 29.3 Å². The third-order valence-electron chi connectivity index (χ3n) is 2.40. The molecule has 0 aromatic carbocycles. The van der Waals surface area contributed by atoms with Crippen LogP contribution in [0.15, 0.2) is 21.7 Å². The fourth-order valence-corrected chi connectivity index (χ4v) is 2.52. The zero-order valence-electron chi connectivity index (χ0n) is 8.96. The van der Waals surface area contributed by atoms with Crippen molar-refractivity contribution in [3.63, 3.8) is 0 Å². The summed E-state index contributed by atoms with van der Waals surface area (Å²) in [5.41, 5.74) is -2.58. The number of rotatable bonds is 2. The highest BCUT2D eigenvalue weighted by molar-refractivity contribution is 6.53. The molecule has 1 N–H and O–H groups in total. The number of aliphatic hydroxyl groups is 1. The van der Waals surface area contributed by atoms with Crippen LogP contribution in [0.1, 0.15) is 6.92 Å². The topological polar surface area (TPSA) is 63.6 Å². The number of halogens is 3. The first kappa shape index (κ1) is 14.5. The van der Waals surface area contributed by atoms with Crippen molar-refractivity contribution < 1.29 is 19.4 Å². The molecule has 0 amide bonds. The maximum atomic E-state index is 11.6. The average Bonchev–Trinajstić information content (AvgIpc) is 2.50. The van der Waals surface area contributed by atoms with Gasteiger partial charge in [0.15, 0.2) is 5.78 Å². The van der Waals surface area contributed by atoms with Gasteiger partial charge in [-0.05, 0) is 6.92 Å². The van der Waals surface area contributed by atoms with E-state index in [1.807, 2.05) is 0 Å². The molecule has 0 aromatic rings. The van der Waals surface area contributed by atoms with Gasteiger partial charge in [-0.15, -0.1) is 11.6 Å². The molecule has 4 nitrogen and oxygen atoms in total. The molecule has 0 heterocycles. The lowest BCUT2D eigenvalue weighted by molar-refractivity contribution is -0.158. The van der Waals surface area contributed by atoms with Crippen molar-refractivity contribution in [1.82, 2.24) is 0 Å². The maximum Gasteiger partial charge on any atom is 0.344 e. The highest BCUT2D eigenvalue weighted by atomic mass is 35.5. The summed E-state index contributed by atoms with van der Waals surface area (Å²) in [7, 11) is 1.06. The highest BCUT2D eigenvalue weighted by Crippen LogP contribution is 2.44. The number of ketones is 1. The summed E-state index contributed by atoms with van der Waals surface area (Å²) in [6.45, 7) is 1.56. The Hall–Kier alpha value is -0.550. The van der Waals surface area contributed by atoms with Crippen molar-refractivity contribution >= 4 is 46.6 Å². The number of alkyl halides is 1. The van der Waals surface area contributed by atoms with Gasteiger partial charge in [0, 0.05) is 10.6 Å². The van der Waals surface area contributed by atoms with Gasteiger partial charge < -0.3 is 9.84 Å². The minimum absolute atomic E-state index is 0.0283. The minimum atomic E-state index is -2.35. The fraction of sp³-hybridized carbons (Fsp3) is 0.400. The standard InChI is InChI=1S/C10H9Cl3O4/c1-3-4(11)5-6(12)7(14)8(13)10(5,16)9(15)17-2/h3,8,16H,1-2H3/b4-3-/t8-,10-/m0/s1. The van der Waals surface area contributed by atoms with E-state index >= 15 is 0 Å². The van der Waals surface area contributed by atoms with Crippen molar-refractivity contribution in [3.05, 3.63) is 21.7 Å². The van der Waals surface area contributed by atoms with Gasteiger partial charge in [0.2, 0.25) is 5.60 Å². The summed E-state index contributed by atoms with van der Waals surface area (Å²) in [4.78, 5) is 23.2. The van der Waals surface area contributed by atoms with Crippen LogP contribution in [0.2, 0.25) is 0 Å². The molecular formula is C10H9Cl3O4. The molecule has 2 atom stereocenters. The van der Waals surface area contributed by atoms with E-state index in [0.717, 1.165) is 7.11 Å². The molecule has 0 saturated carbocycles. The third-order valence-corrected chi connectivity index (χ3v) is 3.70. The van der Waals surface area contributed by atoms with E-state index in [4.69, 9.17) is 34.8 Å². The molecular weight excluding hydrogens is 290 g/mol. The highest BCUT2D eigenvalue weighted by Gasteiger charge is 2.58. The zero-order chi connectivity index (χ0) is 13.4. The van der Waals surface area contributed by atoms with Gasteiger partial charge in [0.1, 0.15) is 5.38 Å². The molecule has 0 aliphatic heterocycles. The first-order valence-electron chi connectivity index (χ1n) is 4.53. The molecule has 94 valence electrons. The number of carbonyl (C=O) groups is 2. The molecule has 0 aromatic heterocycles. The first-order valence-corrected chi connectivity index (χ1v) is 5.73. The van der Waals surface area contributed by atoms with E-state index < -0.39 is 22.7 Å². The second kappa shape index (κ2) is 4.98. The van der Waals surface area contributed by atoms with Crippen LogP contribution in [0.3, 0.4) is 0 Å². The predicted octanol–water partition coefficient (Wildman–Crippen LogP) is 1.72. The number of carbonyl (C=O) groups excluding carboxylic acids is 2. The molecule has 1 aliphatic rings. The van der Waals surface area contributed by atoms with E-state index in [1.54, 1.807) is 6.92 Å². The molecule has 1 aliphatic carbocycles. The number of esters is 1. The van der Waals surface area contributed by atoms with Crippen LogP contribution in [-0.4, -0.2) is 34.9 Å². The Morgan fingerprint density at radius 3 is 2.53 bits per heavy atom. The van der Waals surface area contributed by atoms with Gasteiger partial charge in [-0.2, -0.15) is 0 Å². The Morgan fingerprint density at radius 1 is 1.59 bits per heavy atom. The van der Waals surface area contributed by atoms with Crippen LogP contribution in [0.5, 0.6) is 0 Å². The van der Waals surface area contributed by atoms with Crippen molar-refractivity contribution in [2.75, 3.05) is 7.11 Å². The Morgan fingerprint density at radius 2 is 2.12 bits per heavy atom. The summed E-state index contributed by atoms with van der Waals surface area (Å²) in [5, 5.41) is 8.30. The quantitative estimate of drug-likeness (QED) is 0.623. The van der Waals surface area contributed by atoms with Crippen LogP contribution in [0.4, 0.5) is 0 Å². The summed E-state index contributed by atoms with van der Waals surface area (Å²) < 4.78 is 4.42. The molecule has 0 unspecified atom stereocenters. The van der Waals surface area contributed by atoms with E-state index in [1.165, 1.54) is 6.08 Å². The van der Waals surface area contributed by atoms with Crippen LogP contribution < -0.4 is 0 Å². The zero-order valence-corrected chi connectivity index (χ0v) is 11.2. The molecule has 0 spiro atoms. The van der Waals surface area contributed by atoms with Gasteiger partial charge in [0.05, 0.1) is 12.1 Å². The van der Waals surface area contributed by atoms with Gasteiger partial charge in [0.25, 0.3) is 0 Å². The summed E-state index contributed by atoms with van der Waals surface area (Å²) in [6, 6.07) is 0. The predicted molar refractivity (Wildman–Crippen MR) is 64.1 cm³/mol. The molecule has 0 radical (unpaired) electrons. The van der Waals surface area contributed by atoms with Crippen LogP contribution >= 0.6 is 34.8 Å². The molecule has 17 heavy (non-hydrogen) atoms. The van der Waals surface area contributed by atoms with E-state index in [9.17, 15) is 14.7 Å². The number of Topliss-reactive ketones (excluding diaryl/α,β-unsaturated/α-hetero) is 1. The second-order valence-corrected chi connectivity index (χ2v) is 4.53. The number of hydrogen-bond donors (Lipinski definition) is 1. The largest absolute Gasteiger partial charge is 0.467 e. The first-order chi connectivity index (χ1) is 7.82. The van der Waals surface area contributed by atoms with Crippen LogP contribution in [-0.2, 0) is 14.3 Å². The number of methoxy groups -OCH3 is 1. The van der Waals surface area contributed by atoms with Crippen molar-refractivity contribution in [3.8, 4) is 0 Å². The van der Waals surface area contributed by atoms with Crippen LogP contribution in [0.25, 0.3) is 0 Å². The normalized spacial score (nSPS) is 29.9. The van der Waals surface area contributed by atoms with E-state index in [-0.39, 0.29) is 15.6 Å². The Balaban J connectivity index is 3.48. The summed E-state index contributed by atoms with van der Waals surface area (Å²) in [6.07, 6.45) is 1.38. The van der Waals surface area contributed by atoms with E-state index in [0.29, 0.717) is 0 Å². The molecule has 1 rings (SSSR count). The summed E-state index contributed by atoms with van der Waals surface area (Å²) in [5.74, 6) is -1.85. The number of allylic oxidation sites excluding steroid dienone is 2. The number of ether oxygens (including phenoxy) is 1. The molecule has 7 heteroatoms. The smallest absolute Gasteiger partial charge is 0.344 e. The Bertz CT molecular complexity index is 441. The Labute approximate surface area is 113 Å². The monoisotopic (exact) mass is 298 g/mol. The van der Waals surface area contributed by atoms with Gasteiger partial charge in [-0.3, -0.25) is 4.79 Å². The molecule has 0 saturated heterocycles. The lowest BCUT2D eigenvalue weighted by Gasteiger charge is -2.25. The van der Waals surface area contributed by atoms with Gasteiger partial charge in [-0.25, -0.2) is 4.79 Å². The lowest BCUT2D eigenvalue weighted by atomic mass is 9.94. The van der Waals surface area contributed by atoms with Crippen molar-refractivity contribution in [2.45, 2.75) is 17.9 Å². The molecule has 0 fully saturated rings. The van der Waals surface area contributed by atoms with Gasteiger partial charge >= 0.3 is 5.97 Å². The summed E-state index contributed by atoms with van der Waals surface area (Å²) >= 11 is 17.3. The van der Waals surface area contributed by atoms with Crippen LogP contribution in [0, 0.1) is 0 Å². The minimum Gasteiger partial charge on any atom is -0.467 e. The maximum absolute atomic E-state index is 11.6. The number of hydrogen-bond acceptors (Lipinski definition) is 4. The Kier molecular flexibility index (Phi) is 4.25. The molecule has 0 bridgehead atoms. The van der Waals surface area contributed by atoms with Crippen molar-refractivity contribution in [1.29, 1.82) is 0 Å². The lowest BCUT2D eigenvalue weighted by Crippen LogP contribution is -2.48. The SMILES string of the molecule is C/C=C(\Cl)C1=C(Cl)C(=O)[C@H](Cl)[C@]1(O)C(=O)OC. The average molecular weight is 300 g/mol. The van der Waals surface area contributed by atoms with E-state index in [2.05, 4.69) is 4.74 Å².